The number of amides is 2. The molecule has 2 aromatic rings. The Morgan fingerprint density at radius 3 is 2.47 bits per heavy atom. The Kier molecular flexibility index (Phi) is 15.4. The standard InChI is InChI=1S/C36H56FN5O4S/c1-7-24(5)28(20-32(43)30-11-9-10-18-41(30)6)36(46)42(8-2)31(23(3)4)21-33(44)35-40-29(22-47-35)34(45)39-27(16-17-38)19-25-12-14-26(37)15-13-25/h12-15,22-24,27-28,30-31,33,44H,7-11,16-21,38H2,1-6H3,(H,39,45)/t24-,27+,28?,30+,31+,33+/m0/s1. The molecule has 262 valence electrons. The number of Topliss-reactive ketones (excluding diaryl/α,β-unsaturated/α-hetero) is 1. The third kappa shape index (κ3) is 10.9. The number of rotatable bonds is 18. The van der Waals surface area contributed by atoms with Crippen molar-refractivity contribution in [3.05, 3.63) is 51.7 Å². The fourth-order valence-electron chi connectivity index (χ4n) is 6.64. The zero-order valence-corrected chi connectivity index (χ0v) is 29.9. The number of aromatic nitrogens is 1. The molecule has 0 bridgehead atoms. The van der Waals surface area contributed by atoms with Gasteiger partial charge in [0, 0.05) is 42.8 Å². The quantitative estimate of drug-likeness (QED) is 0.194. The normalized spacial score (nSPS) is 18.7. The van der Waals surface area contributed by atoms with E-state index in [0.29, 0.717) is 30.9 Å². The number of benzene rings is 1. The van der Waals surface area contributed by atoms with E-state index in [1.165, 1.54) is 23.5 Å². The van der Waals surface area contributed by atoms with Crippen LogP contribution >= 0.6 is 11.3 Å². The number of halogens is 1. The number of nitrogens with two attached hydrogens (primary N) is 1. The number of thiazole rings is 1. The van der Waals surface area contributed by atoms with Gasteiger partial charge in [-0.2, -0.15) is 0 Å². The van der Waals surface area contributed by atoms with E-state index in [2.05, 4.69) is 22.1 Å². The van der Waals surface area contributed by atoms with Crippen LogP contribution in [0.25, 0.3) is 0 Å². The van der Waals surface area contributed by atoms with Crippen molar-refractivity contribution in [2.75, 3.05) is 26.7 Å². The number of aliphatic hydroxyl groups is 1. The van der Waals surface area contributed by atoms with Gasteiger partial charge in [-0.25, -0.2) is 9.37 Å². The molecule has 11 heteroatoms. The summed E-state index contributed by atoms with van der Waals surface area (Å²) >= 11 is 1.21. The van der Waals surface area contributed by atoms with E-state index in [0.717, 1.165) is 37.8 Å². The molecule has 1 unspecified atom stereocenters. The Balaban J connectivity index is 1.71. The molecule has 0 aliphatic carbocycles. The molecule has 1 saturated heterocycles. The van der Waals surface area contributed by atoms with Crippen LogP contribution in [0.5, 0.6) is 0 Å². The van der Waals surface area contributed by atoms with Gasteiger partial charge in [0.15, 0.2) is 5.78 Å². The highest BCUT2D eigenvalue weighted by molar-refractivity contribution is 7.09. The SMILES string of the molecule is CC[C@H](C)C(CC(=O)[C@H]1CCCCN1C)C(=O)N(CC)[C@H](C[C@@H](O)c1nc(C(=O)N[C@H](CCN)Cc2ccc(F)cc2)cs1)C(C)C. The number of likely N-dealkylation sites (tertiary alicyclic amines) is 1. The number of likely N-dealkylation sites (N-methyl/N-ethyl adjacent to an activating group) is 1. The van der Waals surface area contributed by atoms with Crippen LogP contribution in [0.15, 0.2) is 29.6 Å². The molecule has 9 nitrogen and oxygen atoms in total. The molecule has 1 aliphatic heterocycles. The van der Waals surface area contributed by atoms with Gasteiger partial charge in [-0.3, -0.25) is 19.3 Å². The first-order valence-corrected chi connectivity index (χ1v) is 18.2. The molecule has 1 fully saturated rings. The summed E-state index contributed by atoms with van der Waals surface area (Å²) in [6.45, 7) is 11.9. The van der Waals surface area contributed by atoms with Crippen LogP contribution in [0, 0.1) is 23.6 Å². The highest BCUT2D eigenvalue weighted by atomic mass is 32.1. The smallest absolute Gasteiger partial charge is 0.270 e. The number of hydrogen-bond acceptors (Lipinski definition) is 8. The maximum atomic E-state index is 14.2. The lowest BCUT2D eigenvalue weighted by Crippen LogP contribution is -2.49. The highest BCUT2D eigenvalue weighted by Gasteiger charge is 2.37. The molecule has 4 N–H and O–H groups in total. The number of piperidine rings is 1. The van der Waals surface area contributed by atoms with Crippen LogP contribution in [0.3, 0.4) is 0 Å². The molecular weight excluding hydrogens is 617 g/mol. The number of hydrogen-bond donors (Lipinski definition) is 3. The molecule has 0 saturated carbocycles. The second kappa shape index (κ2) is 18.7. The van der Waals surface area contributed by atoms with Gasteiger partial charge >= 0.3 is 0 Å². The average molecular weight is 674 g/mol. The third-order valence-corrected chi connectivity index (χ3v) is 10.7. The van der Waals surface area contributed by atoms with Gasteiger partial charge in [0.2, 0.25) is 5.91 Å². The maximum absolute atomic E-state index is 14.2. The minimum atomic E-state index is -0.977. The van der Waals surface area contributed by atoms with Crippen LogP contribution in [0.2, 0.25) is 0 Å². The Morgan fingerprint density at radius 1 is 1.17 bits per heavy atom. The number of carbonyl (C=O) groups excluding carboxylic acids is 3. The maximum Gasteiger partial charge on any atom is 0.270 e. The van der Waals surface area contributed by atoms with Gasteiger partial charge in [-0.1, -0.05) is 52.7 Å². The van der Waals surface area contributed by atoms with E-state index in [4.69, 9.17) is 5.73 Å². The lowest BCUT2D eigenvalue weighted by molar-refractivity contribution is -0.144. The molecule has 0 spiro atoms. The first kappa shape index (κ1) is 38.7. The van der Waals surface area contributed by atoms with E-state index in [1.807, 2.05) is 39.6 Å². The van der Waals surface area contributed by atoms with E-state index in [9.17, 15) is 23.9 Å². The lowest BCUT2D eigenvalue weighted by Gasteiger charge is -2.39. The zero-order chi connectivity index (χ0) is 34.7. The van der Waals surface area contributed by atoms with Gasteiger partial charge < -0.3 is 21.1 Å². The molecule has 1 aromatic carbocycles. The summed E-state index contributed by atoms with van der Waals surface area (Å²) < 4.78 is 13.4. The molecule has 47 heavy (non-hydrogen) atoms. The molecule has 2 amide bonds. The molecule has 2 heterocycles. The Hall–Kier alpha value is -2.73. The van der Waals surface area contributed by atoms with Crippen LogP contribution in [0.4, 0.5) is 4.39 Å². The molecule has 6 atom stereocenters. The summed E-state index contributed by atoms with van der Waals surface area (Å²) in [5.74, 6) is -0.922. The van der Waals surface area contributed by atoms with Crippen molar-refractivity contribution in [3.8, 4) is 0 Å². The second-order valence-electron chi connectivity index (χ2n) is 13.5. The van der Waals surface area contributed by atoms with E-state index < -0.39 is 12.0 Å². The van der Waals surface area contributed by atoms with Crippen molar-refractivity contribution in [2.24, 2.45) is 23.5 Å². The van der Waals surface area contributed by atoms with E-state index >= 15 is 0 Å². The molecule has 1 aliphatic rings. The Bertz CT molecular complexity index is 1290. The topological polar surface area (TPSA) is 129 Å². The van der Waals surface area contributed by atoms with Crippen molar-refractivity contribution in [1.29, 1.82) is 0 Å². The Labute approximate surface area is 284 Å². The number of nitrogens with one attached hydrogen (secondary N) is 1. The molecular formula is C36H56FN5O4S. The van der Waals surface area contributed by atoms with Crippen LogP contribution in [-0.4, -0.2) is 82.3 Å². The van der Waals surface area contributed by atoms with Gasteiger partial charge in [0.05, 0.1) is 6.04 Å². The minimum absolute atomic E-state index is 0.0362. The van der Waals surface area contributed by atoms with Gasteiger partial charge in [-0.15, -0.1) is 11.3 Å². The van der Waals surface area contributed by atoms with Gasteiger partial charge in [-0.05, 0) is 82.3 Å². The largest absolute Gasteiger partial charge is 0.386 e. The zero-order valence-electron chi connectivity index (χ0n) is 29.1. The number of ketones is 1. The summed E-state index contributed by atoms with van der Waals surface area (Å²) in [7, 11) is 2.00. The second-order valence-corrected chi connectivity index (χ2v) is 14.4. The van der Waals surface area contributed by atoms with E-state index in [-0.39, 0.29) is 71.9 Å². The third-order valence-electron chi connectivity index (χ3n) is 9.75. The lowest BCUT2D eigenvalue weighted by atomic mass is 9.82. The summed E-state index contributed by atoms with van der Waals surface area (Å²) in [6.07, 6.45) is 4.30. The van der Waals surface area contributed by atoms with Crippen molar-refractivity contribution in [3.63, 3.8) is 0 Å². The first-order chi connectivity index (χ1) is 22.4. The van der Waals surface area contributed by atoms with Crippen molar-refractivity contribution < 1.29 is 23.9 Å². The fourth-order valence-corrected chi connectivity index (χ4v) is 7.44. The van der Waals surface area contributed by atoms with Crippen molar-refractivity contribution in [1.82, 2.24) is 20.1 Å². The fraction of sp³-hybridized carbons (Fsp3) is 0.667. The van der Waals surface area contributed by atoms with Gasteiger partial charge in [0.1, 0.15) is 22.6 Å². The number of carbonyl (C=O) groups is 3. The predicted octanol–water partition coefficient (Wildman–Crippen LogP) is 5.37. The van der Waals surface area contributed by atoms with Crippen molar-refractivity contribution in [2.45, 2.75) is 110 Å². The highest BCUT2D eigenvalue weighted by Crippen LogP contribution is 2.31. The molecule has 1 aromatic heterocycles. The Morgan fingerprint density at radius 2 is 1.87 bits per heavy atom. The van der Waals surface area contributed by atoms with Crippen LogP contribution < -0.4 is 11.1 Å². The minimum Gasteiger partial charge on any atom is -0.386 e. The molecule has 0 radical (unpaired) electrons. The van der Waals surface area contributed by atoms with Crippen molar-refractivity contribution >= 4 is 28.9 Å². The summed E-state index contributed by atoms with van der Waals surface area (Å²) in [5.41, 5.74) is 6.89. The van der Waals surface area contributed by atoms with E-state index in [1.54, 1.807) is 17.5 Å². The van der Waals surface area contributed by atoms with Crippen LogP contribution in [-0.2, 0) is 16.0 Å². The van der Waals surface area contributed by atoms with Crippen LogP contribution in [0.1, 0.15) is 107 Å². The summed E-state index contributed by atoms with van der Waals surface area (Å²) in [4.78, 5) is 49.3. The first-order valence-electron chi connectivity index (χ1n) is 17.3. The average Bonchev–Trinajstić information content (AvgIpc) is 3.55. The summed E-state index contributed by atoms with van der Waals surface area (Å²) in [6, 6.07) is 5.49. The monoisotopic (exact) mass is 673 g/mol. The number of aliphatic hydroxyl groups excluding tert-OH is 1. The number of nitrogens with zero attached hydrogens (tertiary/aromatic N) is 3. The predicted molar refractivity (Wildman–Crippen MR) is 186 cm³/mol. The summed E-state index contributed by atoms with van der Waals surface area (Å²) in [5, 5.41) is 16.4. The van der Waals surface area contributed by atoms with Gasteiger partial charge in [0.25, 0.3) is 5.91 Å². The molecule has 3 rings (SSSR count).